The molecule has 86 valence electrons. The van der Waals surface area contributed by atoms with Crippen molar-refractivity contribution in [1.82, 2.24) is 4.90 Å². The number of nitro benzene ring substituents is 1. The molecule has 0 amide bonds. The van der Waals surface area contributed by atoms with Crippen LogP contribution >= 0.6 is 0 Å². The summed E-state index contributed by atoms with van der Waals surface area (Å²) in [7, 11) is 0. The lowest BCUT2D eigenvalue weighted by molar-refractivity contribution is -0.385. The van der Waals surface area contributed by atoms with Gasteiger partial charge in [0.15, 0.2) is 0 Å². The fourth-order valence-electron chi connectivity index (χ4n) is 1.97. The van der Waals surface area contributed by atoms with Gasteiger partial charge in [0.1, 0.15) is 0 Å². The summed E-state index contributed by atoms with van der Waals surface area (Å²) in [6.45, 7) is 2.65. The van der Waals surface area contributed by atoms with Crippen molar-refractivity contribution in [2.45, 2.75) is 12.5 Å². The van der Waals surface area contributed by atoms with E-state index in [0.29, 0.717) is 6.42 Å². The van der Waals surface area contributed by atoms with Gasteiger partial charge in [0.2, 0.25) is 0 Å². The molecule has 1 fully saturated rings. The molecule has 5 heteroatoms. The second kappa shape index (κ2) is 4.59. The van der Waals surface area contributed by atoms with E-state index in [9.17, 15) is 10.1 Å². The van der Waals surface area contributed by atoms with Crippen LogP contribution < -0.4 is 5.73 Å². The van der Waals surface area contributed by atoms with E-state index in [0.717, 1.165) is 25.2 Å². The molecule has 0 aromatic heterocycles. The van der Waals surface area contributed by atoms with Crippen molar-refractivity contribution < 1.29 is 4.92 Å². The maximum Gasteiger partial charge on any atom is 0.272 e. The van der Waals surface area contributed by atoms with Crippen molar-refractivity contribution in [3.63, 3.8) is 0 Å². The number of hydrogen-bond donors (Lipinski definition) is 1. The number of nitrogens with zero attached hydrogens (tertiary/aromatic N) is 2. The van der Waals surface area contributed by atoms with E-state index in [4.69, 9.17) is 5.73 Å². The Hall–Kier alpha value is -1.46. The van der Waals surface area contributed by atoms with Crippen molar-refractivity contribution >= 4 is 5.69 Å². The van der Waals surface area contributed by atoms with Gasteiger partial charge in [-0.05, 0) is 6.42 Å². The van der Waals surface area contributed by atoms with Gasteiger partial charge in [0.25, 0.3) is 5.69 Å². The number of benzene rings is 1. The van der Waals surface area contributed by atoms with Crippen LogP contribution in [0.5, 0.6) is 0 Å². The molecule has 0 aliphatic carbocycles. The highest BCUT2D eigenvalue weighted by Gasteiger charge is 2.23. The molecule has 1 aliphatic heterocycles. The SMILES string of the molecule is NC1CN(CCc2ccccc2[N+](=O)[O-])C1. The first kappa shape index (κ1) is 11.0. The molecule has 2 rings (SSSR count). The summed E-state index contributed by atoms with van der Waals surface area (Å²) in [5, 5.41) is 10.8. The van der Waals surface area contributed by atoms with Crippen LogP contribution in [0.3, 0.4) is 0 Å². The summed E-state index contributed by atoms with van der Waals surface area (Å²) in [5.74, 6) is 0. The Bertz CT molecular complexity index is 389. The van der Waals surface area contributed by atoms with E-state index in [-0.39, 0.29) is 16.7 Å². The Kier molecular flexibility index (Phi) is 3.17. The van der Waals surface area contributed by atoms with E-state index in [1.165, 1.54) is 0 Å². The monoisotopic (exact) mass is 221 g/mol. The van der Waals surface area contributed by atoms with Crippen LogP contribution in [0, 0.1) is 10.1 Å². The predicted molar refractivity (Wildman–Crippen MR) is 61.2 cm³/mol. The molecule has 0 atom stereocenters. The maximum absolute atomic E-state index is 10.8. The van der Waals surface area contributed by atoms with Crippen molar-refractivity contribution in [2.75, 3.05) is 19.6 Å². The average molecular weight is 221 g/mol. The van der Waals surface area contributed by atoms with Crippen molar-refractivity contribution in [1.29, 1.82) is 0 Å². The Morgan fingerprint density at radius 3 is 2.75 bits per heavy atom. The van der Waals surface area contributed by atoms with Gasteiger partial charge in [-0.3, -0.25) is 15.0 Å². The maximum atomic E-state index is 10.8. The molecule has 1 aromatic carbocycles. The van der Waals surface area contributed by atoms with E-state index in [1.807, 2.05) is 12.1 Å². The second-order valence-electron chi connectivity index (χ2n) is 4.16. The highest BCUT2D eigenvalue weighted by Crippen LogP contribution is 2.19. The van der Waals surface area contributed by atoms with Gasteiger partial charge in [-0.25, -0.2) is 0 Å². The molecule has 0 radical (unpaired) electrons. The lowest BCUT2D eigenvalue weighted by Crippen LogP contribution is -2.55. The summed E-state index contributed by atoms with van der Waals surface area (Å²) >= 11 is 0. The van der Waals surface area contributed by atoms with E-state index in [2.05, 4.69) is 4.90 Å². The Morgan fingerprint density at radius 2 is 2.12 bits per heavy atom. The van der Waals surface area contributed by atoms with Crippen LogP contribution in [0.1, 0.15) is 5.56 Å². The fourth-order valence-corrected chi connectivity index (χ4v) is 1.97. The normalized spacial score (nSPS) is 17.1. The molecule has 0 bridgehead atoms. The van der Waals surface area contributed by atoms with Gasteiger partial charge in [0.05, 0.1) is 4.92 Å². The number of rotatable bonds is 4. The molecule has 0 saturated carbocycles. The molecule has 2 N–H and O–H groups in total. The minimum Gasteiger partial charge on any atom is -0.325 e. The molecule has 0 spiro atoms. The lowest BCUT2D eigenvalue weighted by atomic mass is 10.1. The third-order valence-electron chi connectivity index (χ3n) is 2.87. The largest absolute Gasteiger partial charge is 0.325 e. The second-order valence-corrected chi connectivity index (χ2v) is 4.16. The molecule has 5 nitrogen and oxygen atoms in total. The van der Waals surface area contributed by atoms with Crippen LogP contribution in [0.15, 0.2) is 24.3 Å². The molecule has 0 unspecified atom stereocenters. The van der Waals surface area contributed by atoms with Crippen LogP contribution in [0.25, 0.3) is 0 Å². The first-order chi connectivity index (χ1) is 7.66. The van der Waals surface area contributed by atoms with Gasteiger partial charge in [-0.1, -0.05) is 18.2 Å². The molecule has 1 saturated heterocycles. The number of para-hydroxylation sites is 1. The van der Waals surface area contributed by atoms with Crippen LogP contribution in [0.2, 0.25) is 0 Å². The fraction of sp³-hybridized carbons (Fsp3) is 0.455. The van der Waals surface area contributed by atoms with Crippen LogP contribution in [0.4, 0.5) is 5.69 Å². The summed E-state index contributed by atoms with van der Waals surface area (Å²) < 4.78 is 0. The summed E-state index contributed by atoms with van der Waals surface area (Å²) in [6, 6.07) is 7.19. The zero-order valence-electron chi connectivity index (χ0n) is 9.00. The molecule has 1 heterocycles. The van der Waals surface area contributed by atoms with Crippen molar-refractivity contribution in [3.05, 3.63) is 39.9 Å². The third kappa shape index (κ3) is 2.37. The Labute approximate surface area is 94.0 Å². The van der Waals surface area contributed by atoms with Gasteiger partial charge in [0, 0.05) is 37.3 Å². The molecule has 1 aliphatic rings. The number of likely N-dealkylation sites (tertiary alicyclic amines) is 1. The first-order valence-corrected chi connectivity index (χ1v) is 5.37. The van der Waals surface area contributed by atoms with Crippen LogP contribution in [-0.4, -0.2) is 35.5 Å². The summed E-state index contributed by atoms with van der Waals surface area (Å²) in [5.41, 5.74) is 6.68. The third-order valence-corrected chi connectivity index (χ3v) is 2.87. The average Bonchev–Trinajstić information content (AvgIpc) is 2.23. The molecule has 16 heavy (non-hydrogen) atoms. The Morgan fingerprint density at radius 1 is 1.44 bits per heavy atom. The summed E-state index contributed by atoms with van der Waals surface area (Å²) in [4.78, 5) is 12.7. The summed E-state index contributed by atoms with van der Waals surface area (Å²) in [6.07, 6.45) is 0.712. The molecule has 1 aromatic rings. The number of nitrogens with two attached hydrogens (primary N) is 1. The topological polar surface area (TPSA) is 72.4 Å². The van der Waals surface area contributed by atoms with Crippen molar-refractivity contribution in [2.24, 2.45) is 5.73 Å². The van der Waals surface area contributed by atoms with Crippen molar-refractivity contribution in [3.8, 4) is 0 Å². The minimum absolute atomic E-state index is 0.215. The Balaban J connectivity index is 1.95. The van der Waals surface area contributed by atoms with E-state index in [1.54, 1.807) is 12.1 Å². The van der Waals surface area contributed by atoms with Gasteiger partial charge >= 0.3 is 0 Å². The predicted octanol–water partition coefficient (Wildman–Crippen LogP) is 0.780. The molecular weight excluding hydrogens is 206 g/mol. The number of hydrogen-bond acceptors (Lipinski definition) is 4. The minimum atomic E-state index is -0.322. The van der Waals surface area contributed by atoms with E-state index < -0.39 is 0 Å². The lowest BCUT2D eigenvalue weighted by Gasteiger charge is -2.36. The standard InChI is InChI=1S/C11H15N3O2/c12-10-7-13(8-10)6-5-9-3-1-2-4-11(9)14(15)16/h1-4,10H,5-8,12H2. The zero-order chi connectivity index (χ0) is 11.5. The van der Waals surface area contributed by atoms with Gasteiger partial charge in [-0.2, -0.15) is 0 Å². The van der Waals surface area contributed by atoms with Gasteiger partial charge < -0.3 is 5.73 Å². The van der Waals surface area contributed by atoms with Crippen LogP contribution in [-0.2, 0) is 6.42 Å². The quantitative estimate of drug-likeness (QED) is 0.602. The zero-order valence-corrected chi connectivity index (χ0v) is 9.00. The smallest absolute Gasteiger partial charge is 0.272 e. The first-order valence-electron chi connectivity index (χ1n) is 5.37. The highest BCUT2D eigenvalue weighted by atomic mass is 16.6. The van der Waals surface area contributed by atoms with Gasteiger partial charge in [-0.15, -0.1) is 0 Å². The highest BCUT2D eigenvalue weighted by molar-refractivity contribution is 5.39. The van der Waals surface area contributed by atoms with E-state index >= 15 is 0 Å². The number of nitro groups is 1. The molecular formula is C11H15N3O2.